The van der Waals surface area contributed by atoms with E-state index in [0.717, 1.165) is 12.1 Å². The molecule has 0 aliphatic rings. The maximum Gasteiger partial charge on any atom is 0.255 e. The minimum atomic E-state index is -0.0196. The lowest BCUT2D eigenvalue weighted by molar-refractivity contribution is 0.714. The molecule has 0 unspecified atom stereocenters. The van der Waals surface area contributed by atoms with Crippen molar-refractivity contribution in [1.82, 2.24) is 4.57 Å². The minimum Gasteiger partial charge on any atom is -0.370 e. The predicted octanol–water partition coefficient (Wildman–Crippen LogP) is 2.36. The maximum atomic E-state index is 12.1. The van der Waals surface area contributed by atoms with E-state index in [4.69, 9.17) is 5.73 Å². The van der Waals surface area contributed by atoms with E-state index in [2.05, 4.69) is 17.2 Å². The number of pyridine rings is 1. The second-order valence-electron chi connectivity index (χ2n) is 5.00. The van der Waals surface area contributed by atoms with Crippen LogP contribution in [0, 0.1) is 0 Å². The van der Waals surface area contributed by atoms with Gasteiger partial charge in [0.2, 0.25) is 0 Å². The molecule has 1 aromatic heterocycles. The molecular formula is C17H22N4O. The number of hydrogen-bond acceptors (Lipinski definition) is 2. The van der Waals surface area contributed by atoms with Gasteiger partial charge in [0, 0.05) is 24.0 Å². The molecule has 116 valence electrons. The molecule has 0 saturated heterocycles. The third-order valence-electron chi connectivity index (χ3n) is 3.49. The fourth-order valence-electron chi connectivity index (χ4n) is 2.14. The van der Waals surface area contributed by atoms with Crippen molar-refractivity contribution in [3.8, 4) is 0 Å². The number of benzene rings is 1. The van der Waals surface area contributed by atoms with Crippen LogP contribution in [-0.4, -0.2) is 10.5 Å². The second kappa shape index (κ2) is 7.45. The van der Waals surface area contributed by atoms with Crippen molar-refractivity contribution < 1.29 is 0 Å². The topological polar surface area (TPSA) is 72.4 Å². The van der Waals surface area contributed by atoms with Crippen LogP contribution < -0.4 is 16.6 Å². The van der Waals surface area contributed by atoms with E-state index in [0.29, 0.717) is 18.1 Å². The van der Waals surface area contributed by atoms with Gasteiger partial charge in [0.1, 0.15) is 0 Å². The average Bonchev–Trinajstić information content (AvgIpc) is 2.54. The minimum absolute atomic E-state index is 0.0196. The molecule has 2 rings (SSSR count). The van der Waals surface area contributed by atoms with Gasteiger partial charge < -0.3 is 15.6 Å². The Bertz CT molecular complexity index is 701. The zero-order chi connectivity index (χ0) is 15.9. The summed E-state index contributed by atoms with van der Waals surface area (Å²) in [4.78, 5) is 16.3. The van der Waals surface area contributed by atoms with Gasteiger partial charge >= 0.3 is 0 Å². The molecule has 0 radical (unpaired) electrons. The highest BCUT2D eigenvalue weighted by Crippen LogP contribution is 2.09. The van der Waals surface area contributed by atoms with Crippen LogP contribution in [-0.2, 0) is 19.5 Å². The summed E-state index contributed by atoms with van der Waals surface area (Å²) in [5.41, 5.74) is 8.65. The highest BCUT2D eigenvalue weighted by Gasteiger charge is 2.02. The van der Waals surface area contributed by atoms with Crippen LogP contribution in [0.4, 0.5) is 5.69 Å². The summed E-state index contributed by atoms with van der Waals surface area (Å²) < 4.78 is 1.65. The number of aliphatic imine (C=N–C) groups is 1. The lowest BCUT2D eigenvalue weighted by Crippen LogP contribution is -2.25. The third-order valence-corrected chi connectivity index (χ3v) is 3.49. The van der Waals surface area contributed by atoms with Crippen molar-refractivity contribution in [2.75, 3.05) is 5.32 Å². The first kappa shape index (κ1) is 15.8. The van der Waals surface area contributed by atoms with Crippen LogP contribution in [0.25, 0.3) is 0 Å². The summed E-state index contributed by atoms with van der Waals surface area (Å²) in [6, 6.07) is 11.7. The van der Waals surface area contributed by atoms with Crippen molar-refractivity contribution >= 4 is 11.6 Å². The van der Waals surface area contributed by atoms with Gasteiger partial charge in [-0.1, -0.05) is 25.1 Å². The number of nitrogens with zero attached hydrogens (tertiary/aromatic N) is 2. The van der Waals surface area contributed by atoms with Crippen LogP contribution >= 0.6 is 0 Å². The van der Waals surface area contributed by atoms with Crippen LogP contribution in [0.3, 0.4) is 0 Å². The van der Waals surface area contributed by atoms with E-state index in [1.807, 2.05) is 37.3 Å². The summed E-state index contributed by atoms with van der Waals surface area (Å²) in [5.74, 6) is 0.301. The van der Waals surface area contributed by atoms with E-state index < -0.39 is 0 Å². The normalized spacial score (nSPS) is 11.5. The SMILES string of the molecule is CCc1ccc(NC(N)=NCc2cccn(CC)c2=O)cc1. The first-order valence-electron chi connectivity index (χ1n) is 7.48. The van der Waals surface area contributed by atoms with Crippen molar-refractivity contribution in [3.05, 3.63) is 64.1 Å². The van der Waals surface area contributed by atoms with Crippen molar-refractivity contribution in [2.24, 2.45) is 10.7 Å². The Kier molecular flexibility index (Phi) is 5.36. The Morgan fingerprint density at radius 1 is 1.23 bits per heavy atom. The Balaban J connectivity index is 2.05. The van der Waals surface area contributed by atoms with Crippen LogP contribution in [0.5, 0.6) is 0 Å². The summed E-state index contributed by atoms with van der Waals surface area (Å²) in [6.07, 6.45) is 2.77. The van der Waals surface area contributed by atoms with Gasteiger partial charge in [0.05, 0.1) is 6.54 Å². The Labute approximate surface area is 130 Å². The molecule has 3 N–H and O–H groups in total. The lowest BCUT2D eigenvalue weighted by Gasteiger charge is -2.07. The molecule has 1 aromatic carbocycles. The van der Waals surface area contributed by atoms with Gasteiger partial charge in [-0.2, -0.15) is 0 Å². The average molecular weight is 298 g/mol. The van der Waals surface area contributed by atoms with E-state index in [1.54, 1.807) is 16.8 Å². The molecule has 1 heterocycles. The Morgan fingerprint density at radius 2 is 1.95 bits per heavy atom. The first-order chi connectivity index (χ1) is 10.6. The molecular weight excluding hydrogens is 276 g/mol. The number of guanidine groups is 1. The molecule has 5 nitrogen and oxygen atoms in total. The van der Waals surface area contributed by atoms with Gasteiger partial charge in [0.25, 0.3) is 5.56 Å². The molecule has 0 atom stereocenters. The molecule has 5 heteroatoms. The van der Waals surface area contributed by atoms with E-state index in [-0.39, 0.29) is 12.1 Å². The fourth-order valence-corrected chi connectivity index (χ4v) is 2.14. The van der Waals surface area contributed by atoms with Gasteiger partial charge in [-0.15, -0.1) is 0 Å². The molecule has 2 aromatic rings. The fraction of sp³-hybridized carbons (Fsp3) is 0.294. The van der Waals surface area contributed by atoms with Crippen molar-refractivity contribution in [1.29, 1.82) is 0 Å². The Hall–Kier alpha value is -2.56. The highest BCUT2D eigenvalue weighted by molar-refractivity contribution is 5.92. The summed E-state index contributed by atoms with van der Waals surface area (Å²) in [7, 11) is 0. The van der Waals surface area contributed by atoms with Crippen LogP contribution in [0.1, 0.15) is 25.0 Å². The van der Waals surface area contributed by atoms with Crippen LogP contribution in [0.2, 0.25) is 0 Å². The summed E-state index contributed by atoms with van der Waals surface area (Å²) >= 11 is 0. The second-order valence-corrected chi connectivity index (χ2v) is 5.00. The largest absolute Gasteiger partial charge is 0.370 e. The molecule has 0 spiro atoms. The van der Waals surface area contributed by atoms with Gasteiger partial charge in [-0.05, 0) is 37.1 Å². The quantitative estimate of drug-likeness (QED) is 0.657. The molecule has 0 saturated carbocycles. The van der Waals surface area contributed by atoms with E-state index in [9.17, 15) is 4.79 Å². The molecule has 0 bridgehead atoms. The van der Waals surface area contributed by atoms with Crippen molar-refractivity contribution in [3.63, 3.8) is 0 Å². The standard InChI is InChI=1S/C17H22N4O/c1-3-13-7-9-15(10-8-13)20-17(18)19-12-14-6-5-11-21(4-2)16(14)22/h5-11H,3-4,12H2,1-2H3,(H3,18,19,20). The zero-order valence-electron chi connectivity index (χ0n) is 13.0. The van der Waals surface area contributed by atoms with Crippen molar-refractivity contribution in [2.45, 2.75) is 33.4 Å². The third kappa shape index (κ3) is 3.97. The highest BCUT2D eigenvalue weighted by atomic mass is 16.1. The molecule has 0 aliphatic heterocycles. The van der Waals surface area contributed by atoms with E-state index in [1.165, 1.54) is 5.56 Å². The Morgan fingerprint density at radius 3 is 2.59 bits per heavy atom. The van der Waals surface area contributed by atoms with Crippen LogP contribution in [0.15, 0.2) is 52.4 Å². The monoisotopic (exact) mass is 298 g/mol. The van der Waals surface area contributed by atoms with E-state index >= 15 is 0 Å². The number of nitrogens with one attached hydrogen (secondary N) is 1. The smallest absolute Gasteiger partial charge is 0.255 e. The summed E-state index contributed by atoms with van der Waals surface area (Å²) in [6.45, 7) is 4.96. The molecule has 22 heavy (non-hydrogen) atoms. The van der Waals surface area contributed by atoms with Gasteiger partial charge in [-0.3, -0.25) is 4.79 Å². The molecule has 0 aliphatic carbocycles. The number of aromatic nitrogens is 1. The number of aryl methyl sites for hydroxylation is 2. The van der Waals surface area contributed by atoms with Gasteiger partial charge in [0.15, 0.2) is 5.96 Å². The molecule has 0 amide bonds. The number of anilines is 1. The number of hydrogen-bond donors (Lipinski definition) is 2. The number of rotatable bonds is 5. The zero-order valence-corrected chi connectivity index (χ0v) is 13.0. The first-order valence-corrected chi connectivity index (χ1v) is 7.48. The lowest BCUT2D eigenvalue weighted by atomic mass is 10.1. The predicted molar refractivity (Wildman–Crippen MR) is 91.1 cm³/mol. The molecule has 0 fully saturated rings. The number of nitrogens with two attached hydrogens (primary N) is 1. The summed E-state index contributed by atoms with van der Waals surface area (Å²) in [5, 5.41) is 3.03. The maximum absolute atomic E-state index is 12.1. The van der Waals surface area contributed by atoms with Gasteiger partial charge in [-0.25, -0.2) is 4.99 Å².